The standard InChI is InChI=1S/C18H17Cl2F2N3O2S/c1-11-5-7-12(8-6-11)28(26,27)24-23-18(25-9-15(21)16(22)10-25)17-13(19)3-2-4-14(17)20/h2-8,15-16,24H,9-10H2,1H3/b23-18+. The number of alkyl halides is 2. The summed E-state index contributed by atoms with van der Waals surface area (Å²) in [6, 6.07) is 10.8. The van der Waals surface area contributed by atoms with Gasteiger partial charge in [-0.1, -0.05) is 47.0 Å². The first-order valence-corrected chi connectivity index (χ1v) is 10.6. The van der Waals surface area contributed by atoms with E-state index in [-0.39, 0.29) is 39.4 Å². The van der Waals surface area contributed by atoms with Crippen molar-refractivity contribution in [3.63, 3.8) is 0 Å². The summed E-state index contributed by atoms with van der Waals surface area (Å²) in [5.41, 5.74) is 1.09. The van der Waals surface area contributed by atoms with Crippen LogP contribution < -0.4 is 4.83 Å². The Bertz CT molecular complexity index is 970. The van der Waals surface area contributed by atoms with Crippen LogP contribution in [0, 0.1) is 6.92 Å². The molecule has 2 unspecified atom stereocenters. The first kappa shape index (κ1) is 20.8. The lowest BCUT2D eigenvalue weighted by Gasteiger charge is -2.21. The van der Waals surface area contributed by atoms with Crippen LogP contribution in [0.15, 0.2) is 52.5 Å². The van der Waals surface area contributed by atoms with E-state index in [1.165, 1.54) is 29.2 Å². The summed E-state index contributed by atoms with van der Waals surface area (Å²) < 4.78 is 52.6. The predicted octanol–water partition coefficient (Wildman–Crippen LogP) is 3.93. The van der Waals surface area contributed by atoms with Gasteiger partial charge in [0.15, 0.2) is 18.2 Å². The van der Waals surface area contributed by atoms with Crippen LogP contribution >= 0.6 is 23.2 Å². The first-order chi connectivity index (χ1) is 13.2. The SMILES string of the molecule is Cc1ccc(S(=O)(=O)N/N=C(\c2c(Cl)cccc2Cl)N2CC(F)C(F)C2)cc1. The van der Waals surface area contributed by atoms with Crippen molar-refractivity contribution in [1.29, 1.82) is 0 Å². The molecule has 1 saturated heterocycles. The minimum Gasteiger partial charge on any atom is -0.349 e. The highest BCUT2D eigenvalue weighted by atomic mass is 35.5. The second-order valence-corrected chi connectivity index (χ2v) is 8.85. The van der Waals surface area contributed by atoms with E-state index in [0.29, 0.717) is 0 Å². The molecule has 0 aromatic heterocycles. The van der Waals surface area contributed by atoms with Gasteiger partial charge in [0.05, 0.1) is 33.6 Å². The van der Waals surface area contributed by atoms with Crippen molar-refractivity contribution in [2.45, 2.75) is 24.2 Å². The molecule has 2 aromatic rings. The fourth-order valence-corrected chi connectivity index (χ4v) is 4.14. The van der Waals surface area contributed by atoms with Crippen molar-refractivity contribution in [2.75, 3.05) is 13.1 Å². The highest BCUT2D eigenvalue weighted by molar-refractivity contribution is 7.89. The van der Waals surface area contributed by atoms with Gasteiger partial charge in [-0.2, -0.15) is 13.2 Å². The molecule has 2 aromatic carbocycles. The van der Waals surface area contributed by atoms with E-state index in [2.05, 4.69) is 9.93 Å². The lowest BCUT2D eigenvalue weighted by molar-refractivity contribution is 0.217. The second kappa shape index (κ2) is 8.23. The van der Waals surface area contributed by atoms with Crippen molar-refractivity contribution < 1.29 is 17.2 Å². The largest absolute Gasteiger partial charge is 0.349 e. The van der Waals surface area contributed by atoms with Crippen LogP contribution in [0.1, 0.15) is 11.1 Å². The molecule has 0 amide bonds. The summed E-state index contributed by atoms with van der Waals surface area (Å²) >= 11 is 12.4. The van der Waals surface area contributed by atoms with E-state index < -0.39 is 22.4 Å². The van der Waals surface area contributed by atoms with Gasteiger partial charge in [-0.25, -0.2) is 8.78 Å². The quantitative estimate of drug-likeness (QED) is 0.438. The summed E-state index contributed by atoms with van der Waals surface area (Å²) in [5.74, 6) is -0.0471. The van der Waals surface area contributed by atoms with Crippen LogP contribution in [0.5, 0.6) is 0 Å². The van der Waals surface area contributed by atoms with Gasteiger partial charge in [0.2, 0.25) is 0 Å². The highest BCUT2D eigenvalue weighted by Crippen LogP contribution is 2.29. The Morgan fingerprint density at radius 2 is 1.61 bits per heavy atom. The zero-order valence-corrected chi connectivity index (χ0v) is 17.1. The van der Waals surface area contributed by atoms with E-state index in [1.807, 2.05) is 6.92 Å². The maximum atomic E-state index is 13.7. The molecule has 0 bridgehead atoms. The smallest absolute Gasteiger partial charge is 0.276 e. The molecule has 0 radical (unpaired) electrons. The third-order valence-electron chi connectivity index (χ3n) is 4.27. The molecule has 150 valence electrons. The molecule has 1 fully saturated rings. The molecule has 0 saturated carbocycles. The molecule has 3 rings (SSSR count). The van der Waals surface area contributed by atoms with Gasteiger partial charge in [-0.3, -0.25) is 0 Å². The number of rotatable bonds is 4. The summed E-state index contributed by atoms with van der Waals surface area (Å²) in [5, 5.41) is 4.30. The Hall–Kier alpha value is -1.90. The van der Waals surface area contributed by atoms with Crippen LogP contribution in [-0.2, 0) is 10.0 Å². The van der Waals surface area contributed by atoms with Gasteiger partial charge in [-0.15, -0.1) is 5.10 Å². The van der Waals surface area contributed by atoms with Gasteiger partial charge in [0, 0.05) is 0 Å². The molecule has 28 heavy (non-hydrogen) atoms. The van der Waals surface area contributed by atoms with Crippen molar-refractivity contribution in [1.82, 2.24) is 9.73 Å². The Kier molecular flexibility index (Phi) is 6.12. The van der Waals surface area contributed by atoms with Gasteiger partial charge in [-0.05, 0) is 31.2 Å². The molecular weight excluding hydrogens is 431 g/mol. The normalized spacial score (nSPS) is 20.5. The number of amidine groups is 1. The molecule has 10 heteroatoms. The molecule has 2 atom stereocenters. The summed E-state index contributed by atoms with van der Waals surface area (Å²) in [7, 11) is -4.00. The van der Waals surface area contributed by atoms with E-state index >= 15 is 0 Å². The number of nitrogens with one attached hydrogen (secondary N) is 1. The number of hydrazone groups is 1. The van der Waals surface area contributed by atoms with Gasteiger partial charge < -0.3 is 4.90 Å². The third kappa shape index (κ3) is 4.39. The second-order valence-electron chi connectivity index (χ2n) is 6.38. The maximum Gasteiger partial charge on any atom is 0.276 e. The minimum absolute atomic E-state index is 0.000358. The van der Waals surface area contributed by atoms with Crippen molar-refractivity contribution in [3.05, 3.63) is 63.6 Å². The Labute approximate surface area is 172 Å². The fourth-order valence-electron chi connectivity index (χ4n) is 2.77. The molecule has 1 N–H and O–H groups in total. The van der Waals surface area contributed by atoms with Gasteiger partial charge >= 0.3 is 0 Å². The number of nitrogens with zero attached hydrogens (tertiary/aromatic N) is 2. The minimum atomic E-state index is -4.00. The average molecular weight is 448 g/mol. The Morgan fingerprint density at radius 3 is 2.14 bits per heavy atom. The lowest BCUT2D eigenvalue weighted by Crippen LogP contribution is -2.33. The highest BCUT2D eigenvalue weighted by Gasteiger charge is 2.36. The molecule has 5 nitrogen and oxygen atoms in total. The number of likely N-dealkylation sites (tertiary alicyclic amines) is 1. The first-order valence-electron chi connectivity index (χ1n) is 8.32. The number of sulfonamides is 1. The van der Waals surface area contributed by atoms with E-state index in [9.17, 15) is 17.2 Å². The Balaban J connectivity index is 2.00. The molecule has 0 spiro atoms. The van der Waals surface area contributed by atoms with Crippen molar-refractivity contribution >= 4 is 39.1 Å². The zero-order chi connectivity index (χ0) is 20.5. The van der Waals surface area contributed by atoms with Crippen LogP contribution in [0.4, 0.5) is 8.78 Å². The third-order valence-corrected chi connectivity index (χ3v) is 6.13. The fraction of sp³-hybridized carbons (Fsp3) is 0.278. The molecule has 1 aliphatic heterocycles. The summed E-state index contributed by atoms with van der Waals surface area (Å²) in [4.78, 5) is 3.39. The molecule has 1 heterocycles. The maximum absolute atomic E-state index is 13.7. The number of aryl methyl sites for hydroxylation is 1. The molecule has 0 aliphatic carbocycles. The predicted molar refractivity (Wildman–Crippen MR) is 106 cm³/mol. The lowest BCUT2D eigenvalue weighted by atomic mass is 10.2. The topological polar surface area (TPSA) is 61.8 Å². The van der Waals surface area contributed by atoms with Crippen molar-refractivity contribution in [2.24, 2.45) is 5.10 Å². The van der Waals surface area contributed by atoms with Crippen LogP contribution in [0.3, 0.4) is 0 Å². The monoisotopic (exact) mass is 447 g/mol. The number of hydrogen-bond acceptors (Lipinski definition) is 3. The van der Waals surface area contributed by atoms with E-state index in [4.69, 9.17) is 23.2 Å². The van der Waals surface area contributed by atoms with E-state index in [0.717, 1.165) is 5.56 Å². The van der Waals surface area contributed by atoms with Crippen LogP contribution in [0.25, 0.3) is 0 Å². The molecule has 1 aliphatic rings. The van der Waals surface area contributed by atoms with Crippen molar-refractivity contribution in [3.8, 4) is 0 Å². The van der Waals surface area contributed by atoms with Gasteiger partial charge in [0.25, 0.3) is 10.0 Å². The summed E-state index contributed by atoms with van der Waals surface area (Å²) in [6.45, 7) is 1.23. The van der Waals surface area contributed by atoms with E-state index in [1.54, 1.807) is 18.2 Å². The van der Waals surface area contributed by atoms with Crippen LogP contribution in [-0.4, -0.2) is 44.6 Å². The van der Waals surface area contributed by atoms with Gasteiger partial charge in [0.1, 0.15) is 0 Å². The average Bonchev–Trinajstić information content (AvgIpc) is 2.96. The van der Waals surface area contributed by atoms with Crippen LogP contribution in [0.2, 0.25) is 10.0 Å². The molecular formula is C18H17Cl2F2N3O2S. The number of hydrogen-bond donors (Lipinski definition) is 1. The Morgan fingerprint density at radius 1 is 1.07 bits per heavy atom. The zero-order valence-electron chi connectivity index (χ0n) is 14.7. The number of halogens is 4. The summed E-state index contributed by atoms with van der Waals surface area (Å²) in [6.07, 6.45) is -3.44. The number of benzene rings is 2.